The first-order valence-corrected chi connectivity index (χ1v) is 6.71. The molecule has 1 aromatic rings. The van der Waals surface area contributed by atoms with E-state index in [0.717, 1.165) is 0 Å². The van der Waals surface area contributed by atoms with Crippen molar-refractivity contribution >= 4 is 34.7 Å². The van der Waals surface area contributed by atoms with Gasteiger partial charge in [0, 0.05) is 5.70 Å². The minimum atomic E-state index is -0.302. The van der Waals surface area contributed by atoms with Crippen molar-refractivity contribution in [3.63, 3.8) is 0 Å². The summed E-state index contributed by atoms with van der Waals surface area (Å²) < 4.78 is 0. The fraction of sp³-hybridized carbons (Fsp3) is 0.125. The Hall–Kier alpha value is -2.33. The van der Waals surface area contributed by atoms with Gasteiger partial charge in [0.1, 0.15) is 5.84 Å². The molecule has 0 aliphatic carbocycles. The highest BCUT2D eigenvalue weighted by Crippen LogP contribution is 2.25. The zero-order chi connectivity index (χ0) is 15.8. The second kappa shape index (κ2) is 8.07. The molecule has 4 nitrogen and oxygen atoms in total. The van der Waals surface area contributed by atoms with Crippen molar-refractivity contribution in [3.05, 3.63) is 60.3 Å². The molecule has 1 aromatic carbocycles. The Labute approximate surface area is 129 Å². The van der Waals surface area contributed by atoms with Crippen LogP contribution in [0, 0.1) is 0 Å². The van der Waals surface area contributed by atoms with Crippen molar-refractivity contribution in [1.29, 1.82) is 0 Å². The number of anilines is 1. The molecule has 0 saturated carbocycles. The van der Waals surface area contributed by atoms with Gasteiger partial charge in [-0.1, -0.05) is 43.0 Å². The standard InChI is InChI=1S/C16H18ClN3O/c1-5-12(17)16(18-11(3)4)20-14-10-8-7-9-13(14)19-15(21)6-2/h5-10H,2-3H2,1,4H3,(H,18,20)(H,19,21)/b12-5+. The summed E-state index contributed by atoms with van der Waals surface area (Å²) in [4.78, 5) is 15.9. The molecule has 5 heteroatoms. The minimum Gasteiger partial charge on any atom is -0.343 e. The lowest BCUT2D eigenvalue weighted by atomic mass is 10.2. The lowest BCUT2D eigenvalue weighted by Crippen LogP contribution is -2.21. The molecule has 2 N–H and O–H groups in total. The van der Waals surface area contributed by atoms with Gasteiger partial charge in [-0.15, -0.1) is 0 Å². The Balaban J connectivity index is 3.23. The molecule has 0 spiro atoms. The quantitative estimate of drug-likeness (QED) is 0.488. The van der Waals surface area contributed by atoms with Crippen LogP contribution in [0.1, 0.15) is 13.8 Å². The molecule has 0 aliphatic rings. The van der Waals surface area contributed by atoms with Gasteiger partial charge in [-0.25, -0.2) is 4.99 Å². The van der Waals surface area contributed by atoms with E-state index < -0.39 is 0 Å². The van der Waals surface area contributed by atoms with Gasteiger partial charge in [0.25, 0.3) is 0 Å². The average Bonchev–Trinajstić information content (AvgIpc) is 2.47. The molecular formula is C16H18ClN3O. The Morgan fingerprint density at radius 2 is 2.05 bits per heavy atom. The predicted molar refractivity (Wildman–Crippen MR) is 89.9 cm³/mol. The number of amidine groups is 1. The van der Waals surface area contributed by atoms with Crippen LogP contribution in [0.4, 0.5) is 11.4 Å². The summed E-state index contributed by atoms with van der Waals surface area (Å²) in [5, 5.41) is 6.16. The number of hydrogen-bond donors (Lipinski definition) is 2. The maximum Gasteiger partial charge on any atom is 0.247 e. The van der Waals surface area contributed by atoms with E-state index in [1.165, 1.54) is 6.08 Å². The van der Waals surface area contributed by atoms with Crippen molar-refractivity contribution in [1.82, 2.24) is 5.32 Å². The lowest BCUT2D eigenvalue weighted by Gasteiger charge is -2.11. The number of benzene rings is 1. The van der Waals surface area contributed by atoms with Gasteiger partial charge in [0.05, 0.1) is 16.4 Å². The number of para-hydroxylation sites is 2. The predicted octanol–water partition coefficient (Wildman–Crippen LogP) is 4.11. The van der Waals surface area contributed by atoms with E-state index in [-0.39, 0.29) is 5.91 Å². The maximum atomic E-state index is 11.4. The Morgan fingerprint density at radius 3 is 2.62 bits per heavy atom. The third-order valence-corrected chi connectivity index (χ3v) is 2.79. The third kappa shape index (κ3) is 5.28. The van der Waals surface area contributed by atoms with Gasteiger partial charge >= 0.3 is 0 Å². The van der Waals surface area contributed by atoms with Crippen LogP contribution in [0.5, 0.6) is 0 Å². The van der Waals surface area contributed by atoms with Gasteiger partial charge in [0.2, 0.25) is 5.91 Å². The second-order valence-corrected chi connectivity index (χ2v) is 4.62. The maximum absolute atomic E-state index is 11.4. The zero-order valence-electron chi connectivity index (χ0n) is 12.1. The molecule has 0 radical (unpaired) electrons. The summed E-state index contributed by atoms with van der Waals surface area (Å²) in [5.41, 5.74) is 1.86. The summed E-state index contributed by atoms with van der Waals surface area (Å²) in [5.74, 6) is 0.163. The SMILES string of the molecule is C=CC(=O)Nc1ccccc1N=C(NC(=C)C)/C(Cl)=C\C. The van der Waals surface area contributed by atoms with E-state index in [4.69, 9.17) is 11.6 Å². The summed E-state index contributed by atoms with van der Waals surface area (Å²) in [6, 6.07) is 7.16. The number of nitrogens with one attached hydrogen (secondary N) is 2. The third-order valence-electron chi connectivity index (χ3n) is 2.39. The molecule has 0 bridgehead atoms. The number of allylic oxidation sites excluding steroid dienone is 2. The topological polar surface area (TPSA) is 53.5 Å². The number of nitrogens with zero attached hydrogens (tertiary/aromatic N) is 1. The molecule has 0 fully saturated rings. The smallest absolute Gasteiger partial charge is 0.247 e. The Morgan fingerprint density at radius 1 is 1.38 bits per heavy atom. The monoisotopic (exact) mass is 303 g/mol. The normalized spacial score (nSPS) is 11.8. The second-order valence-electron chi connectivity index (χ2n) is 4.21. The van der Waals surface area contributed by atoms with Gasteiger partial charge in [-0.05, 0) is 32.1 Å². The molecule has 0 unspecified atom stereocenters. The van der Waals surface area contributed by atoms with Gasteiger partial charge in [-0.3, -0.25) is 4.79 Å². The highest BCUT2D eigenvalue weighted by Gasteiger charge is 2.07. The molecule has 110 valence electrons. The number of carbonyl (C=O) groups excluding carboxylic acids is 1. The highest BCUT2D eigenvalue weighted by molar-refractivity contribution is 6.43. The number of amides is 1. The summed E-state index contributed by atoms with van der Waals surface area (Å²) in [7, 11) is 0. The van der Waals surface area contributed by atoms with Crippen molar-refractivity contribution in [3.8, 4) is 0 Å². The van der Waals surface area contributed by atoms with E-state index >= 15 is 0 Å². The van der Waals surface area contributed by atoms with Crippen LogP contribution in [0.2, 0.25) is 0 Å². The van der Waals surface area contributed by atoms with Crippen LogP contribution < -0.4 is 10.6 Å². The largest absolute Gasteiger partial charge is 0.343 e. The van der Waals surface area contributed by atoms with Crippen LogP contribution >= 0.6 is 11.6 Å². The van der Waals surface area contributed by atoms with Gasteiger partial charge in [0.15, 0.2) is 0 Å². The fourth-order valence-corrected chi connectivity index (χ4v) is 1.55. The van der Waals surface area contributed by atoms with E-state index in [0.29, 0.717) is 27.9 Å². The summed E-state index contributed by atoms with van der Waals surface area (Å²) in [6.45, 7) is 10.8. The first kappa shape index (κ1) is 16.7. The molecule has 0 atom stereocenters. The summed E-state index contributed by atoms with van der Waals surface area (Å²) >= 11 is 6.13. The molecule has 0 aliphatic heterocycles. The van der Waals surface area contributed by atoms with Crippen LogP contribution in [0.3, 0.4) is 0 Å². The van der Waals surface area contributed by atoms with E-state index in [2.05, 4.69) is 28.8 Å². The minimum absolute atomic E-state index is 0.302. The zero-order valence-corrected chi connectivity index (χ0v) is 12.9. The molecule has 21 heavy (non-hydrogen) atoms. The van der Waals surface area contributed by atoms with E-state index in [1.807, 2.05) is 13.0 Å². The molecular weight excluding hydrogens is 286 g/mol. The van der Waals surface area contributed by atoms with Crippen LogP contribution in [0.25, 0.3) is 0 Å². The van der Waals surface area contributed by atoms with Gasteiger partial charge < -0.3 is 10.6 Å². The first-order chi connectivity index (χ1) is 9.97. The molecule has 1 amide bonds. The van der Waals surface area contributed by atoms with Crippen LogP contribution in [-0.2, 0) is 4.79 Å². The molecule has 1 rings (SSSR count). The first-order valence-electron chi connectivity index (χ1n) is 6.33. The molecule has 0 heterocycles. The van der Waals surface area contributed by atoms with Gasteiger partial charge in [-0.2, -0.15) is 0 Å². The number of aliphatic imine (C=N–C) groups is 1. The molecule has 0 saturated heterocycles. The number of carbonyl (C=O) groups is 1. The Bertz CT molecular complexity index is 618. The fourth-order valence-electron chi connectivity index (χ4n) is 1.46. The number of hydrogen-bond acceptors (Lipinski definition) is 2. The van der Waals surface area contributed by atoms with Crippen molar-refractivity contribution in [2.24, 2.45) is 4.99 Å². The average molecular weight is 304 g/mol. The van der Waals surface area contributed by atoms with Crippen molar-refractivity contribution in [2.45, 2.75) is 13.8 Å². The van der Waals surface area contributed by atoms with E-state index in [1.54, 1.807) is 31.2 Å². The van der Waals surface area contributed by atoms with Crippen molar-refractivity contribution in [2.75, 3.05) is 5.32 Å². The highest BCUT2D eigenvalue weighted by atomic mass is 35.5. The lowest BCUT2D eigenvalue weighted by molar-refractivity contribution is -0.111. The van der Waals surface area contributed by atoms with Crippen LogP contribution in [-0.4, -0.2) is 11.7 Å². The summed E-state index contributed by atoms with van der Waals surface area (Å²) in [6.07, 6.45) is 2.92. The molecule has 0 aromatic heterocycles. The van der Waals surface area contributed by atoms with Crippen LogP contribution in [0.15, 0.2) is 65.3 Å². The number of halogens is 1. The van der Waals surface area contributed by atoms with E-state index in [9.17, 15) is 4.79 Å². The number of rotatable bonds is 5. The van der Waals surface area contributed by atoms with Crippen molar-refractivity contribution < 1.29 is 4.79 Å². The Kier molecular flexibility index (Phi) is 6.43.